The molecule has 0 saturated heterocycles. The monoisotopic (exact) mass is 424 g/mol. The first-order valence-corrected chi connectivity index (χ1v) is 7.70. The summed E-state index contributed by atoms with van der Waals surface area (Å²) in [6.45, 7) is -0.921. The largest absolute Gasteiger partial charge is 0.466 e. The van der Waals surface area contributed by atoms with Crippen LogP contribution in [0.2, 0.25) is 5.02 Å². The molecular formula is C15H12ClF3N2O7. The standard InChI is InChI=1S/C15H12ClF3N2O7/c1-26-13(22)8-5-28-6-20(12(8)14(23)27-2)9-3-7(15(17,18)19)4-10(11(9)16)21(24)25/h3-4H,5-6H2,1-2H3. The van der Waals surface area contributed by atoms with E-state index in [-0.39, 0.29) is 11.6 Å². The highest BCUT2D eigenvalue weighted by Gasteiger charge is 2.38. The topological polar surface area (TPSA) is 108 Å². The molecular weight excluding hydrogens is 413 g/mol. The van der Waals surface area contributed by atoms with E-state index >= 15 is 0 Å². The highest BCUT2D eigenvalue weighted by molar-refractivity contribution is 6.35. The van der Waals surface area contributed by atoms with Gasteiger partial charge < -0.3 is 19.1 Å². The molecule has 13 heteroatoms. The number of esters is 2. The number of rotatable bonds is 4. The van der Waals surface area contributed by atoms with E-state index in [1.165, 1.54) is 0 Å². The maximum absolute atomic E-state index is 13.2. The average Bonchev–Trinajstić information content (AvgIpc) is 2.65. The summed E-state index contributed by atoms with van der Waals surface area (Å²) in [4.78, 5) is 35.0. The predicted molar refractivity (Wildman–Crippen MR) is 87.5 cm³/mol. The summed E-state index contributed by atoms with van der Waals surface area (Å²) in [6, 6.07) is 0.765. The molecule has 1 heterocycles. The molecule has 1 aromatic rings. The molecule has 0 aliphatic carbocycles. The second-order valence-corrected chi connectivity index (χ2v) is 5.68. The fourth-order valence-corrected chi connectivity index (χ4v) is 2.70. The van der Waals surface area contributed by atoms with Gasteiger partial charge in [-0.05, 0) is 6.07 Å². The van der Waals surface area contributed by atoms with Gasteiger partial charge >= 0.3 is 18.1 Å². The van der Waals surface area contributed by atoms with Crippen molar-refractivity contribution in [2.45, 2.75) is 6.18 Å². The minimum absolute atomic E-state index is 0.263. The molecule has 1 aliphatic heterocycles. The molecule has 2 rings (SSSR count). The Hall–Kier alpha value is -2.86. The fraction of sp³-hybridized carbons (Fsp3) is 0.333. The highest BCUT2D eigenvalue weighted by Crippen LogP contribution is 2.43. The number of nitro benzene ring substituents is 1. The van der Waals surface area contributed by atoms with Crippen LogP contribution in [0.1, 0.15) is 5.56 Å². The molecule has 152 valence electrons. The molecule has 0 fully saturated rings. The Morgan fingerprint density at radius 1 is 1.25 bits per heavy atom. The van der Waals surface area contributed by atoms with Crippen LogP contribution in [0.3, 0.4) is 0 Å². The highest BCUT2D eigenvalue weighted by atomic mass is 35.5. The van der Waals surface area contributed by atoms with E-state index in [2.05, 4.69) is 9.47 Å². The minimum atomic E-state index is -4.94. The molecule has 0 unspecified atom stereocenters. The Kier molecular flexibility index (Phi) is 6.14. The number of alkyl halides is 3. The zero-order valence-electron chi connectivity index (χ0n) is 14.3. The molecule has 1 aliphatic rings. The van der Waals surface area contributed by atoms with E-state index in [4.69, 9.17) is 16.3 Å². The predicted octanol–water partition coefficient (Wildman–Crippen LogP) is 2.66. The zero-order chi connectivity index (χ0) is 21.2. The van der Waals surface area contributed by atoms with Gasteiger partial charge in [-0.1, -0.05) is 11.6 Å². The minimum Gasteiger partial charge on any atom is -0.466 e. The quantitative estimate of drug-likeness (QED) is 0.412. The van der Waals surface area contributed by atoms with Gasteiger partial charge in [0, 0.05) is 6.07 Å². The Morgan fingerprint density at radius 2 is 1.86 bits per heavy atom. The lowest BCUT2D eigenvalue weighted by Crippen LogP contribution is -2.39. The fourth-order valence-electron chi connectivity index (χ4n) is 2.42. The van der Waals surface area contributed by atoms with Gasteiger partial charge in [-0.15, -0.1) is 0 Å². The molecule has 0 amide bonds. The Morgan fingerprint density at radius 3 is 2.36 bits per heavy atom. The van der Waals surface area contributed by atoms with Crippen LogP contribution in [-0.2, 0) is 30.0 Å². The molecule has 0 atom stereocenters. The van der Waals surface area contributed by atoms with E-state index < -0.39 is 64.0 Å². The summed E-state index contributed by atoms with van der Waals surface area (Å²) in [7, 11) is 2.00. The Balaban J connectivity index is 2.80. The third kappa shape index (κ3) is 4.02. The number of halogens is 4. The number of methoxy groups -OCH3 is 2. The lowest BCUT2D eigenvalue weighted by atomic mass is 10.1. The van der Waals surface area contributed by atoms with Crippen LogP contribution in [-0.4, -0.2) is 44.4 Å². The zero-order valence-corrected chi connectivity index (χ0v) is 15.1. The van der Waals surface area contributed by atoms with Crippen molar-refractivity contribution in [3.05, 3.63) is 44.1 Å². The van der Waals surface area contributed by atoms with E-state index in [1.807, 2.05) is 0 Å². The molecule has 28 heavy (non-hydrogen) atoms. The van der Waals surface area contributed by atoms with Gasteiger partial charge in [0.2, 0.25) is 0 Å². The summed E-state index contributed by atoms with van der Waals surface area (Å²) >= 11 is 5.94. The van der Waals surface area contributed by atoms with Gasteiger partial charge in [0.25, 0.3) is 5.69 Å². The third-order valence-corrected chi connectivity index (χ3v) is 4.07. The number of benzene rings is 1. The van der Waals surface area contributed by atoms with Gasteiger partial charge in [-0.3, -0.25) is 10.1 Å². The number of hydrogen-bond donors (Lipinski definition) is 0. The summed E-state index contributed by atoms with van der Waals surface area (Å²) < 4.78 is 53.8. The number of nitrogens with zero attached hydrogens (tertiary/aromatic N) is 2. The number of hydrogen-bond acceptors (Lipinski definition) is 8. The number of anilines is 1. The number of carbonyl (C=O) groups excluding carboxylic acids is 2. The summed E-state index contributed by atoms with van der Waals surface area (Å²) in [5, 5.41) is 10.5. The smallest absolute Gasteiger partial charge is 0.416 e. The Bertz CT molecular complexity index is 870. The molecule has 0 saturated carbocycles. The molecule has 0 bridgehead atoms. The second kappa shape index (κ2) is 8.02. The molecule has 9 nitrogen and oxygen atoms in total. The van der Waals surface area contributed by atoms with Crippen molar-refractivity contribution in [1.82, 2.24) is 0 Å². The van der Waals surface area contributed by atoms with Crippen LogP contribution in [0.25, 0.3) is 0 Å². The molecule has 1 aromatic carbocycles. The second-order valence-electron chi connectivity index (χ2n) is 5.30. The number of nitro groups is 1. The van der Waals surface area contributed by atoms with E-state index in [9.17, 15) is 32.9 Å². The lowest BCUT2D eigenvalue weighted by Gasteiger charge is -2.32. The average molecular weight is 425 g/mol. The number of ether oxygens (including phenoxy) is 3. The van der Waals surface area contributed by atoms with Gasteiger partial charge in [0.1, 0.15) is 17.5 Å². The molecule has 0 spiro atoms. The lowest BCUT2D eigenvalue weighted by molar-refractivity contribution is -0.384. The number of carbonyl (C=O) groups is 2. The van der Waals surface area contributed by atoms with E-state index in [0.29, 0.717) is 6.07 Å². The van der Waals surface area contributed by atoms with Crippen LogP contribution in [0, 0.1) is 10.1 Å². The molecule has 0 N–H and O–H groups in total. The molecule has 0 radical (unpaired) electrons. The van der Waals surface area contributed by atoms with Crippen LogP contribution in [0.15, 0.2) is 23.4 Å². The van der Waals surface area contributed by atoms with Crippen molar-refractivity contribution in [2.24, 2.45) is 0 Å². The van der Waals surface area contributed by atoms with Gasteiger partial charge in [0.05, 0.1) is 42.6 Å². The van der Waals surface area contributed by atoms with Crippen LogP contribution >= 0.6 is 11.6 Å². The van der Waals surface area contributed by atoms with Crippen molar-refractivity contribution < 1.29 is 41.9 Å². The Labute approximate surface area is 160 Å². The van der Waals surface area contributed by atoms with Gasteiger partial charge in [-0.25, -0.2) is 9.59 Å². The normalized spacial score (nSPS) is 14.7. The maximum Gasteiger partial charge on any atom is 0.416 e. The first-order valence-electron chi connectivity index (χ1n) is 7.33. The van der Waals surface area contributed by atoms with Gasteiger partial charge in [0.15, 0.2) is 0 Å². The third-order valence-electron chi connectivity index (χ3n) is 3.68. The van der Waals surface area contributed by atoms with Crippen molar-refractivity contribution in [1.29, 1.82) is 0 Å². The van der Waals surface area contributed by atoms with Crippen molar-refractivity contribution in [3.63, 3.8) is 0 Å². The first kappa shape index (κ1) is 21.4. The van der Waals surface area contributed by atoms with Crippen LogP contribution < -0.4 is 4.90 Å². The molecule has 0 aromatic heterocycles. The summed E-state index contributed by atoms with van der Waals surface area (Å²) in [5.74, 6) is -2.09. The van der Waals surface area contributed by atoms with E-state index in [0.717, 1.165) is 19.1 Å². The summed E-state index contributed by atoms with van der Waals surface area (Å²) in [6.07, 6.45) is -4.94. The van der Waals surface area contributed by atoms with Crippen molar-refractivity contribution in [2.75, 3.05) is 32.5 Å². The van der Waals surface area contributed by atoms with Crippen LogP contribution in [0.5, 0.6) is 0 Å². The van der Waals surface area contributed by atoms with Crippen molar-refractivity contribution >= 4 is 34.9 Å². The first-order chi connectivity index (χ1) is 13.0. The summed E-state index contributed by atoms with van der Waals surface area (Å²) in [5.41, 5.74) is -3.84. The van der Waals surface area contributed by atoms with E-state index in [1.54, 1.807) is 0 Å². The SMILES string of the molecule is COC(=O)C1=C(C(=O)OC)N(c2cc(C(F)(F)F)cc([N+](=O)[O-])c2Cl)COC1. The van der Waals surface area contributed by atoms with Crippen molar-refractivity contribution in [3.8, 4) is 0 Å². The van der Waals surface area contributed by atoms with Gasteiger partial charge in [-0.2, -0.15) is 13.2 Å². The van der Waals surface area contributed by atoms with Crippen LogP contribution in [0.4, 0.5) is 24.5 Å². The maximum atomic E-state index is 13.2.